The minimum absolute atomic E-state index is 0.0758. The molecule has 2 aromatic rings. The van der Waals surface area contributed by atoms with Gasteiger partial charge in [-0.2, -0.15) is 0 Å². The maximum atomic E-state index is 11.8. The molecular weight excluding hydrogens is 380 g/mol. The maximum absolute atomic E-state index is 11.8. The monoisotopic (exact) mass is 412 g/mol. The number of benzene rings is 2. The highest BCUT2D eigenvalue weighted by Crippen LogP contribution is 2.14. The van der Waals surface area contributed by atoms with Crippen LogP contribution in [0.3, 0.4) is 0 Å². The normalized spacial score (nSPS) is 11.1. The van der Waals surface area contributed by atoms with Crippen molar-refractivity contribution in [3.8, 4) is 5.75 Å². The zero-order valence-corrected chi connectivity index (χ0v) is 18.0. The van der Waals surface area contributed by atoms with E-state index in [0.29, 0.717) is 31.9 Å². The number of nitrogens with one attached hydrogen (secondary N) is 3. The number of guanidine groups is 1. The number of carbonyl (C=O) groups excluding carboxylic acids is 1. The molecule has 0 unspecified atom stereocenters. The van der Waals surface area contributed by atoms with Gasteiger partial charge in [-0.25, -0.2) is 4.99 Å². The smallest absolute Gasteiger partial charge is 0.251 e. The lowest BCUT2D eigenvalue weighted by Gasteiger charge is -2.12. The van der Waals surface area contributed by atoms with Gasteiger partial charge in [0.15, 0.2) is 5.96 Å². The molecule has 0 bridgehead atoms. The highest BCUT2D eigenvalue weighted by Gasteiger charge is 2.04. The lowest BCUT2D eigenvalue weighted by molar-refractivity contribution is 0.0963. The van der Waals surface area contributed by atoms with Crippen molar-refractivity contribution in [3.63, 3.8) is 0 Å². The Balaban J connectivity index is 1.90. The summed E-state index contributed by atoms with van der Waals surface area (Å²) in [6, 6.07) is 15.6. The predicted molar refractivity (Wildman–Crippen MR) is 120 cm³/mol. The molecule has 7 heteroatoms. The third-order valence-corrected chi connectivity index (χ3v) is 4.34. The first-order valence-corrected chi connectivity index (χ1v) is 10.2. The second-order valence-corrected chi connectivity index (χ2v) is 6.64. The second kappa shape index (κ2) is 13.2. The quantitative estimate of drug-likeness (QED) is 0.300. The first-order chi connectivity index (χ1) is 14.7. The Bertz CT molecular complexity index is 824. The van der Waals surface area contributed by atoms with Crippen LogP contribution < -0.4 is 20.7 Å². The number of rotatable bonds is 11. The van der Waals surface area contributed by atoms with Crippen molar-refractivity contribution in [1.82, 2.24) is 16.0 Å². The number of hydrogen-bond acceptors (Lipinski definition) is 4. The summed E-state index contributed by atoms with van der Waals surface area (Å²) in [5, 5.41) is 9.26. The fourth-order valence-electron chi connectivity index (χ4n) is 2.83. The lowest BCUT2D eigenvalue weighted by Crippen LogP contribution is -2.38. The topological polar surface area (TPSA) is 84.0 Å². The summed E-state index contributed by atoms with van der Waals surface area (Å²) < 4.78 is 10.7. The standard InChI is InChI=1S/C23H32N4O3/c1-4-25-23(26-12-11-18-7-5-9-20(15-18)22(28)24-2)27-17-19-8-6-10-21(16-19)30-14-13-29-3/h5-10,15-16H,4,11-14,17H2,1-3H3,(H,24,28)(H2,25,26,27). The van der Waals surface area contributed by atoms with Crippen molar-refractivity contribution in [2.75, 3.05) is 40.5 Å². The van der Waals surface area contributed by atoms with Gasteiger partial charge in [-0.05, 0) is 48.7 Å². The fraction of sp³-hybridized carbons (Fsp3) is 0.391. The minimum atomic E-state index is -0.0758. The van der Waals surface area contributed by atoms with Crippen molar-refractivity contribution < 1.29 is 14.3 Å². The molecule has 3 N–H and O–H groups in total. The zero-order chi connectivity index (χ0) is 21.6. The molecule has 0 saturated heterocycles. The summed E-state index contributed by atoms with van der Waals surface area (Å²) in [5.41, 5.74) is 2.84. The van der Waals surface area contributed by atoms with Crippen molar-refractivity contribution in [1.29, 1.82) is 0 Å². The largest absolute Gasteiger partial charge is 0.491 e. The van der Waals surface area contributed by atoms with Gasteiger partial charge < -0.3 is 25.4 Å². The Morgan fingerprint density at radius 2 is 1.83 bits per heavy atom. The van der Waals surface area contributed by atoms with E-state index in [4.69, 9.17) is 9.47 Å². The van der Waals surface area contributed by atoms with Gasteiger partial charge in [-0.15, -0.1) is 0 Å². The SMILES string of the molecule is CCNC(=NCc1cccc(OCCOC)c1)NCCc1cccc(C(=O)NC)c1. The summed E-state index contributed by atoms with van der Waals surface area (Å²) in [7, 11) is 3.29. The molecular formula is C23H32N4O3. The Morgan fingerprint density at radius 1 is 1.03 bits per heavy atom. The molecule has 0 heterocycles. The molecule has 0 aromatic heterocycles. The molecule has 0 aliphatic carbocycles. The maximum Gasteiger partial charge on any atom is 0.251 e. The molecule has 2 rings (SSSR count). The molecule has 0 aliphatic rings. The number of nitrogens with zero attached hydrogens (tertiary/aromatic N) is 1. The summed E-state index contributed by atoms with van der Waals surface area (Å²) in [6.07, 6.45) is 0.790. The Hall–Kier alpha value is -3.06. The van der Waals surface area contributed by atoms with Gasteiger partial charge >= 0.3 is 0 Å². The van der Waals surface area contributed by atoms with Crippen LogP contribution in [0.4, 0.5) is 0 Å². The summed E-state index contributed by atoms with van der Waals surface area (Å²) in [6.45, 7) is 5.15. The van der Waals surface area contributed by atoms with Crippen molar-refractivity contribution in [2.24, 2.45) is 4.99 Å². The average Bonchev–Trinajstić information content (AvgIpc) is 2.77. The predicted octanol–water partition coefficient (Wildman–Crippen LogP) is 2.37. The molecule has 1 amide bonds. The van der Waals surface area contributed by atoms with Gasteiger partial charge in [-0.3, -0.25) is 4.79 Å². The summed E-state index contributed by atoms with van der Waals surface area (Å²) in [5.74, 6) is 1.49. The number of ether oxygens (including phenoxy) is 2. The van der Waals surface area contributed by atoms with Crippen LogP contribution in [0.25, 0.3) is 0 Å². The van der Waals surface area contributed by atoms with E-state index in [1.807, 2.05) is 55.5 Å². The van der Waals surface area contributed by atoms with Crippen LogP contribution in [-0.2, 0) is 17.7 Å². The fourth-order valence-corrected chi connectivity index (χ4v) is 2.83. The van der Waals surface area contributed by atoms with Crippen LogP contribution >= 0.6 is 0 Å². The van der Waals surface area contributed by atoms with E-state index in [9.17, 15) is 4.79 Å². The molecule has 0 spiro atoms. The number of methoxy groups -OCH3 is 1. The Morgan fingerprint density at radius 3 is 2.60 bits per heavy atom. The van der Waals surface area contributed by atoms with Crippen LogP contribution in [0.5, 0.6) is 5.75 Å². The van der Waals surface area contributed by atoms with Crippen LogP contribution in [-0.4, -0.2) is 52.3 Å². The van der Waals surface area contributed by atoms with E-state index in [1.54, 1.807) is 14.2 Å². The molecule has 0 radical (unpaired) electrons. The number of hydrogen-bond donors (Lipinski definition) is 3. The van der Waals surface area contributed by atoms with E-state index in [1.165, 1.54) is 0 Å². The molecule has 0 aliphatic heterocycles. The molecule has 0 atom stereocenters. The molecule has 0 saturated carbocycles. The number of carbonyl (C=O) groups is 1. The van der Waals surface area contributed by atoms with E-state index in [2.05, 4.69) is 20.9 Å². The van der Waals surface area contributed by atoms with E-state index >= 15 is 0 Å². The Labute approximate surface area is 178 Å². The highest BCUT2D eigenvalue weighted by molar-refractivity contribution is 5.94. The van der Waals surface area contributed by atoms with Crippen molar-refractivity contribution >= 4 is 11.9 Å². The van der Waals surface area contributed by atoms with Gasteiger partial charge in [-0.1, -0.05) is 24.3 Å². The molecule has 7 nitrogen and oxygen atoms in total. The van der Waals surface area contributed by atoms with E-state index in [0.717, 1.165) is 35.8 Å². The second-order valence-electron chi connectivity index (χ2n) is 6.64. The van der Waals surface area contributed by atoms with Gasteiger partial charge in [0.05, 0.1) is 13.2 Å². The summed E-state index contributed by atoms with van der Waals surface area (Å²) in [4.78, 5) is 16.4. The van der Waals surface area contributed by atoms with Crippen molar-refractivity contribution in [3.05, 3.63) is 65.2 Å². The molecule has 0 fully saturated rings. The minimum Gasteiger partial charge on any atom is -0.491 e. The summed E-state index contributed by atoms with van der Waals surface area (Å²) >= 11 is 0. The average molecular weight is 413 g/mol. The molecule has 162 valence electrons. The van der Waals surface area contributed by atoms with Gasteiger partial charge in [0.25, 0.3) is 5.91 Å². The zero-order valence-electron chi connectivity index (χ0n) is 18.0. The molecule has 30 heavy (non-hydrogen) atoms. The third-order valence-electron chi connectivity index (χ3n) is 4.34. The van der Waals surface area contributed by atoms with Crippen LogP contribution in [0.1, 0.15) is 28.4 Å². The highest BCUT2D eigenvalue weighted by atomic mass is 16.5. The third kappa shape index (κ3) is 8.13. The molecule has 2 aromatic carbocycles. The lowest BCUT2D eigenvalue weighted by atomic mass is 10.1. The number of amides is 1. The Kier molecular flexibility index (Phi) is 10.2. The van der Waals surface area contributed by atoms with E-state index in [-0.39, 0.29) is 5.91 Å². The van der Waals surface area contributed by atoms with Gasteiger partial charge in [0.2, 0.25) is 0 Å². The van der Waals surface area contributed by atoms with Crippen LogP contribution in [0.2, 0.25) is 0 Å². The first-order valence-electron chi connectivity index (χ1n) is 10.2. The van der Waals surface area contributed by atoms with Gasteiger partial charge in [0.1, 0.15) is 12.4 Å². The van der Waals surface area contributed by atoms with Crippen molar-refractivity contribution in [2.45, 2.75) is 19.9 Å². The van der Waals surface area contributed by atoms with Crippen LogP contribution in [0.15, 0.2) is 53.5 Å². The van der Waals surface area contributed by atoms with Gasteiger partial charge in [0, 0.05) is 32.8 Å². The van der Waals surface area contributed by atoms with Crippen LogP contribution in [0, 0.1) is 0 Å². The van der Waals surface area contributed by atoms with E-state index < -0.39 is 0 Å². The first kappa shape index (κ1) is 23.2. The number of aliphatic imine (C=N–C) groups is 1.